The minimum atomic E-state index is -3.70. The molecule has 0 spiro atoms. The first-order valence-corrected chi connectivity index (χ1v) is 12.1. The first-order chi connectivity index (χ1) is 14.3. The minimum absolute atomic E-state index is 0.0791. The van der Waals surface area contributed by atoms with E-state index in [-0.39, 0.29) is 17.0 Å². The number of fused-ring (bicyclic) bond motifs is 1. The van der Waals surface area contributed by atoms with Crippen LogP contribution in [0.1, 0.15) is 48.8 Å². The van der Waals surface area contributed by atoms with E-state index in [0.717, 1.165) is 48.1 Å². The zero-order valence-corrected chi connectivity index (χ0v) is 18.4. The fourth-order valence-electron chi connectivity index (χ4n) is 4.50. The number of anilines is 2. The molecule has 160 valence electrons. The molecular weight excluding hydrogens is 398 g/mol. The van der Waals surface area contributed by atoms with Crippen LogP contribution in [0.5, 0.6) is 0 Å². The number of amides is 2. The van der Waals surface area contributed by atoms with Crippen LogP contribution in [0.25, 0.3) is 0 Å². The molecule has 4 rings (SSSR count). The van der Waals surface area contributed by atoms with Gasteiger partial charge in [-0.05, 0) is 80.1 Å². The summed E-state index contributed by atoms with van der Waals surface area (Å²) < 4.78 is 28.5. The second-order valence-electron chi connectivity index (χ2n) is 8.46. The summed E-state index contributed by atoms with van der Waals surface area (Å²) in [4.78, 5) is 14.7. The first kappa shape index (κ1) is 20.7. The highest BCUT2D eigenvalue weighted by molar-refractivity contribution is 7.92. The van der Waals surface area contributed by atoms with Gasteiger partial charge in [-0.2, -0.15) is 0 Å². The topological polar surface area (TPSA) is 78.5 Å². The van der Waals surface area contributed by atoms with Crippen molar-refractivity contribution in [3.05, 3.63) is 53.1 Å². The van der Waals surface area contributed by atoms with Crippen LogP contribution in [0.2, 0.25) is 0 Å². The van der Waals surface area contributed by atoms with Gasteiger partial charge in [-0.15, -0.1) is 0 Å². The van der Waals surface area contributed by atoms with Crippen molar-refractivity contribution in [2.75, 3.05) is 16.2 Å². The van der Waals surface area contributed by atoms with E-state index in [1.165, 1.54) is 6.42 Å². The Morgan fingerprint density at radius 2 is 1.70 bits per heavy atom. The smallest absolute Gasteiger partial charge is 0.322 e. The number of nitrogens with one attached hydrogen (secondary N) is 2. The second-order valence-corrected chi connectivity index (χ2v) is 10.1. The molecule has 6 nitrogen and oxygen atoms in total. The molecule has 0 atom stereocenters. The maximum absolute atomic E-state index is 12.9. The third-order valence-corrected chi connectivity index (χ3v) is 7.29. The molecule has 2 aliphatic rings. The van der Waals surface area contributed by atoms with Crippen LogP contribution in [0, 0.1) is 13.8 Å². The normalized spacial score (nSPS) is 16.9. The quantitative estimate of drug-likeness (QED) is 0.754. The molecule has 1 aliphatic carbocycles. The molecule has 0 unspecified atom stereocenters. The Morgan fingerprint density at radius 1 is 1.00 bits per heavy atom. The van der Waals surface area contributed by atoms with Crippen molar-refractivity contribution >= 4 is 27.4 Å². The predicted octanol–water partition coefficient (Wildman–Crippen LogP) is 4.51. The van der Waals surface area contributed by atoms with Gasteiger partial charge >= 0.3 is 6.03 Å². The molecule has 0 bridgehead atoms. The van der Waals surface area contributed by atoms with Crippen molar-refractivity contribution < 1.29 is 13.2 Å². The number of rotatable bonds is 4. The minimum Gasteiger partial charge on any atom is -0.335 e. The SMILES string of the molecule is Cc1cc(C)cc(NS(=O)(=O)c2ccc3c(c2)CCN3C(=O)NC2CCCCC2)c1. The zero-order chi connectivity index (χ0) is 21.3. The average Bonchev–Trinajstić information content (AvgIpc) is 3.11. The van der Waals surface area contributed by atoms with Gasteiger partial charge < -0.3 is 5.32 Å². The first-order valence-electron chi connectivity index (χ1n) is 10.6. The van der Waals surface area contributed by atoms with Crippen molar-refractivity contribution in [2.24, 2.45) is 0 Å². The van der Waals surface area contributed by atoms with E-state index in [0.29, 0.717) is 18.7 Å². The third-order valence-electron chi connectivity index (χ3n) is 5.91. The van der Waals surface area contributed by atoms with Crippen molar-refractivity contribution in [2.45, 2.75) is 63.3 Å². The molecular formula is C23H29N3O3S. The summed E-state index contributed by atoms with van der Waals surface area (Å²) in [5.74, 6) is 0. The van der Waals surface area contributed by atoms with E-state index in [4.69, 9.17) is 0 Å². The highest BCUT2D eigenvalue weighted by Crippen LogP contribution is 2.31. The van der Waals surface area contributed by atoms with Crippen LogP contribution in [0.4, 0.5) is 16.2 Å². The zero-order valence-electron chi connectivity index (χ0n) is 17.6. The second kappa shape index (κ2) is 8.30. The lowest BCUT2D eigenvalue weighted by atomic mass is 9.96. The maximum Gasteiger partial charge on any atom is 0.322 e. The predicted molar refractivity (Wildman–Crippen MR) is 120 cm³/mol. The number of benzene rings is 2. The highest BCUT2D eigenvalue weighted by Gasteiger charge is 2.28. The summed E-state index contributed by atoms with van der Waals surface area (Å²) in [6.07, 6.45) is 6.29. The number of urea groups is 1. The van der Waals surface area contributed by atoms with Crippen LogP contribution in [-0.2, 0) is 16.4 Å². The molecule has 1 fully saturated rings. The van der Waals surface area contributed by atoms with Gasteiger partial charge in [-0.3, -0.25) is 9.62 Å². The number of aryl methyl sites for hydroxylation is 2. The lowest BCUT2D eigenvalue weighted by Crippen LogP contribution is -2.45. The summed E-state index contributed by atoms with van der Waals surface area (Å²) in [5.41, 5.74) is 4.25. The summed E-state index contributed by atoms with van der Waals surface area (Å²) in [6, 6.07) is 10.8. The Balaban J connectivity index is 1.50. The van der Waals surface area contributed by atoms with E-state index < -0.39 is 10.0 Å². The Labute approximate surface area is 178 Å². The molecule has 2 aromatic rings. The monoisotopic (exact) mass is 427 g/mol. The van der Waals surface area contributed by atoms with Crippen LogP contribution >= 0.6 is 0 Å². The van der Waals surface area contributed by atoms with Crippen molar-refractivity contribution in [3.63, 3.8) is 0 Å². The van der Waals surface area contributed by atoms with Gasteiger partial charge in [0, 0.05) is 24.0 Å². The van der Waals surface area contributed by atoms with Gasteiger partial charge in [0.25, 0.3) is 10.0 Å². The van der Waals surface area contributed by atoms with Crippen LogP contribution in [0.3, 0.4) is 0 Å². The number of carbonyl (C=O) groups excluding carboxylic acids is 1. The number of hydrogen-bond acceptors (Lipinski definition) is 3. The summed E-state index contributed by atoms with van der Waals surface area (Å²) in [5, 5.41) is 3.15. The molecule has 7 heteroatoms. The van der Waals surface area contributed by atoms with Gasteiger partial charge in [-0.25, -0.2) is 13.2 Å². The Morgan fingerprint density at radius 3 is 2.40 bits per heavy atom. The van der Waals surface area contributed by atoms with Gasteiger partial charge in [0.05, 0.1) is 4.90 Å². The molecule has 0 aromatic heterocycles. The van der Waals surface area contributed by atoms with Crippen LogP contribution in [-0.4, -0.2) is 27.0 Å². The number of hydrogen-bond donors (Lipinski definition) is 2. The maximum atomic E-state index is 12.9. The Hall–Kier alpha value is -2.54. The molecule has 1 saturated carbocycles. The van der Waals surface area contributed by atoms with Gasteiger partial charge in [-0.1, -0.05) is 25.3 Å². The van der Waals surface area contributed by atoms with E-state index in [1.807, 2.05) is 32.0 Å². The summed E-state index contributed by atoms with van der Waals surface area (Å²) in [6.45, 7) is 4.45. The summed E-state index contributed by atoms with van der Waals surface area (Å²) in [7, 11) is -3.70. The van der Waals surface area contributed by atoms with Gasteiger partial charge in [0.15, 0.2) is 0 Å². The van der Waals surface area contributed by atoms with E-state index in [2.05, 4.69) is 10.0 Å². The Kier molecular flexibility index (Phi) is 5.73. The van der Waals surface area contributed by atoms with Gasteiger partial charge in [0.1, 0.15) is 0 Å². The largest absolute Gasteiger partial charge is 0.335 e. The van der Waals surface area contributed by atoms with E-state index >= 15 is 0 Å². The van der Waals surface area contributed by atoms with Crippen LogP contribution < -0.4 is 14.9 Å². The number of sulfonamides is 1. The van der Waals surface area contributed by atoms with Crippen molar-refractivity contribution in [3.8, 4) is 0 Å². The molecule has 30 heavy (non-hydrogen) atoms. The molecule has 1 heterocycles. The highest BCUT2D eigenvalue weighted by atomic mass is 32.2. The molecule has 2 N–H and O–H groups in total. The lowest BCUT2D eigenvalue weighted by Gasteiger charge is -2.26. The van der Waals surface area contributed by atoms with Gasteiger partial charge in [0.2, 0.25) is 0 Å². The standard InChI is InChI=1S/C23H29N3O3S/c1-16-12-17(2)14-20(13-16)25-30(28,29)21-8-9-22-18(15-21)10-11-26(22)23(27)24-19-6-4-3-5-7-19/h8-9,12-15,19,25H,3-7,10-11H2,1-2H3,(H,24,27). The van der Waals surface area contributed by atoms with Crippen molar-refractivity contribution in [1.29, 1.82) is 0 Å². The Bertz CT molecular complexity index is 1040. The number of carbonyl (C=O) groups is 1. The molecule has 2 aromatic carbocycles. The fourth-order valence-corrected chi connectivity index (χ4v) is 5.59. The van der Waals surface area contributed by atoms with E-state index in [1.54, 1.807) is 23.1 Å². The molecule has 0 saturated heterocycles. The van der Waals surface area contributed by atoms with Crippen LogP contribution in [0.15, 0.2) is 41.3 Å². The molecule has 0 radical (unpaired) electrons. The third kappa shape index (κ3) is 4.46. The summed E-state index contributed by atoms with van der Waals surface area (Å²) >= 11 is 0. The van der Waals surface area contributed by atoms with E-state index in [9.17, 15) is 13.2 Å². The van der Waals surface area contributed by atoms with Crippen molar-refractivity contribution in [1.82, 2.24) is 5.32 Å². The molecule has 2 amide bonds. The lowest BCUT2D eigenvalue weighted by molar-refractivity contribution is 0.238. The fraction of sp³-hybridized carbons (Fsp3) is 0.435. The number of nitrogens with zero attached hydrogens (tertiary/aromatic N) is 1. The average molecular weight is 428 g/mol. The molecule has 1 aliphatic heterocycles.